The summed E-state index contributed by atoms with van der Waals surface area (Å²) in [6.45, 7) is 0. The van der Waals surface area contributed by atoms with E-state index in [9.17, 15) is 4.39 Å². The highest BCUT2D eigenvalue weighted by molar-refractivity contribution is 7.80. The van der Waals surface area contributed by atoms with Crippen molar-refractivity contribution in [3.8, 4) is 0 Å². The Morgan fingerprint density at radius 1 is 1.36 bits per heavy atom. The quantitative estimate of drug-likeness (QED) is 0.561. The molecule has 0 radical (unpaired) electrons. The van der Waals surface area contributed by atoms with Crippen LogP contribution in [0.1, 0.15) is 0 Å². The highest BCUT2D eigenvalue weighted by Gasteiger charge is 1.99. The lowest BCUT2D eigenvalue weighted by Crippen LogP contribution is -1.72. The number of rotatable bonds is 0. The standard InChI is InChI=1S/C8H6FNS/c9-5-1-2-6-7(3-5)10-4-8(6)11/h1-4,10-11H. The summed E-state index contributed by atoms with van der Waals surface area (Å²) >= 11 is 4.18. The van der Waals surface area contributed by atoms with Crippen molar-refractivity contribution in [2.24, 2.45) is 0 Å². The number of hydrogen-bond acceptors (Lipinski definition) is 1. The smallest absolute Gasteiger partial charge is 0.125 e. The van der Waals surface area contributed by atoms with Crippen LogP contribution in [-0.4, -0.2) is 4.98 Å². The number of nitrogens with one attached hydrogen (secondary N) is 1. The molecule has 1 N–H and O–H groups in total. The van der Waals surface area contributed by atoms with Gasteiger partial charge in [-0.25, -0.2) is 4.39 Å². The van der Waals surface area contributed by atoms with E-state index in [1.165, 1.54) is 12.1 Å². The molecule has 3 heteroatoms. The van der Waals surface area contributed by atoms with Crippen LogP contribution in [0, 0.1) is 5.82 Å². The Hall–Kier alpha value is -0.960. The molecule has 0 spiro atoms. The van der Waals surface area contributed by atoms with Crippen molar-refractivity contribution in [3.63, 3.8) is 0 Å². The number of aromatic nitrogens is 1. The predicted molar refractivity (Wildman–Crippen MR) is 45.5 cm³/mol. The van der Waals surface area contributed by atoms with Crippen LogP contribution in [0.3, 0.4) is 0 Å². The van der Waals surface area contributed by atoms with Gasteiger partial charge in [-0.05, 0) is 18.2 Å². The molecule has 0 saturated heterocycles. The average molecular weight is 167 g/mol. The van der Waals surface area contributed by atoms with Crippen LogP contribution in [0.4, 0.5) is 4.39 Å². The number of thiol groups is 1. The van der Waals surface area contributed by atoms with E-state index in [2.05, 4.69) is 17.6 Å². The van der Waals surface area contributed by atoms with E-state index in [-0.39, 0.29) is 5.82 Å². The van der Waals surface area contributed by atoms with Crippen molar-refractivity contribution in [3.05, 3.63) is 30.2 Å². The first-order valence-electron chi connectivity index (χ1n) is 3.23. The Morgan fingerprint density at radius 2 is 2.18 bits per heavy atom. The molecule has 0 atom stereocenters. The summed E-state index contributed by atoms with van der Waals surface area (Å²) in [5.74, 6) is -0.229. The molecule has 1 aromatic heterocycles. The lowest BCUT2D eigenvalue weighted by Gasteiger charge is -1.89. The van der Waals surface area contributed by atoms with Gasteiger partial charge in [0.25, 0.3) is 0 Å². The van der Waals surface area contributed by atoms with E-state index in [4.69, 9.17) is 0 Å². The van der Waals surface area contributed by atoms with Crippen LogP contribution in [0.15, 0.2) is 29.3 Å². The summed E-state index contributed by atoms with van der Waals surface area (Å²) in [6.07, 6.45) is 1.74. The Morgan fingerprint density at radius 3 is 3.00 bits per heavy atom. The number of halogens is 1. The Bertz CT molecular complexity index is 394. The molecule has 11 heavy (non-hydrogen) atoms. The normalized spacial score (nSPS) is 10.7. The second kappa shape index (κ2) is 2.27. The van der Waals surface area contributed by atoms with E-state index < -0.39 is 0 Å². The average Bonchev–Trinajstić information content (AvgIpc) is 2.32. The number of H-pyrrole nitrogens is 1. The molecular formula is C8H6FNS. The zero-order chi connectivity index (χ0) is 7.84. The van der Waals surface area contributed by atoms with Crippen molar-refractivity contribution in [2.75, 3.05) is 0 Å². The third-order valence-electron chi connectivity index (χ3n) is 1.62. The fraction of sp³-hybridized carbons (Fsp3) is 0. The van der Waals surface area contributed by atoms with Gasteiger partial charge in [0.05, 0.1) is 0 Å². The van der Waals surface area contributed by atoms with Crippen LogP contribution in [0.5, 0.6) is 0 Å². The third kappa shape index (κ3) is 1.01. The maximum atomic E-state index is 12.6. The molecule has 0 aliphatic carbocycles. The Labute approximate surface area is 68.6 Å². The summed E-state index contributed by atoms with van der Waals surface area (Å²) in [5, 5.41) is 0.953. The number of hydrogen-bond donors (Lipinski definition) is 2. The van der Waals surface area contributed by atoms with Crippen LogP contribution in [0.25, 0.3) is 10.9 Å². The Balaban J connectivity index is 2.86. The van der Waals surface area contributed by atoms with E-state index in [0.717, 1.165) is 15.8 Å². The minimum atomic E-state index is -0.229. The van der Waals surface area contributed by atoms with Crippen LogP contribution in [-0.2, 0) is 0 Å². The van der Waals surface area contributed by atoms with Crippen molar-refractivity contribution < 1.29 is 4.39 Å². The summed E-state index contributed by atoms with van der Waals surface area (Å²) < 4.78 is 12.6. The molecule has 0 saturated carbocycles. The molecular weight excluding hydrogens is 161 g/mol. The first kappa shape index (κ1) is 6.73. The molecule has 2 aromatic rings. The maximum Gasteiger partial charge on any atom is 0.125 e. The monoisotopic (exact) mass is 167 g/mol. The van der Waals surface area contributed by atoms with Gasteiger partial charge >= 0.3 is 0 Å². The van der Waals surface area contributed by atoms with Gasteiger partial charge in [-0.3, -0.25) is 0 Å². The fourth-order valence-electron chi connectivity index (χ4n) is 1.08. The van der Waals surface area contributed by atoms with Gasteiger partial charge in [0.2, 0.25) is 0 Å². The van der Waals surface area contributed by atoms with Gasteiger partial charge in [0.1, 0.15) is 5.82 Å². The van der Waals surface area contributed by atoms with Crippen LogP contribution in [0.2, 0.25) is 0 Å². The first-order valence-corrected chi connectivity index (χ1v) is 3.68. The zero-order valence-electron chi connectivity index (χ0n) is 5.63. The van der Waals surface area contributed by atoms with Gasteiger partial charge in [-0.15, -0.1) is 12.6 Å². The lowest BCUT2D eigenvalue weighted by molar-refractivity contribution is 0.629. The minimum Gasteiger partial charge on any atom is -0.360 e. The van der Waals surface area contributed by atoms with Gasteiger partial charge < -0.3 is 4.98 Å². The SMILES string of the molecule is Fc1ccc2c(S)c[nH]c2c1. The molecule has 56 valence electrons. The number of aromatic amines is 1. The lowest BCUT2D eigenvalue weighted by atomic mass is 10.2. The molecule has 1 nitrogen and oxygen atoms in total. The second-order valence-electron chi connectivity index (χ2n) is 2.36. The summed E-state index contributed by atoms with van der Waals surface area (Å²) in [7, 11) is 0. The first-order chi connectivity index (χ1) is 5.27. The highest BCUT2D eigenvalue weighted by Crippen LogP contribution is 2.21. The maximum absolute atomic E-state index is 12.6. The number of fused-ring (bicyclic) bond motifs is 1. The van der Waals surface area contributed by atoms with Crippen LogP contribution < -0.4 is 0 Å². The van der Waals surface area contributed by atoms with E-state index in [1.807, 2.05) is 0 Å². The van der Waals surface area contributed by atoms with Crippen molar-refractivity contribution in [1.82, 2.24) is 4.98 Å². The minimum absolute atomic E-state index is 0.229. The third-order valence-corrected chi connectivity index (χ3v) is 1.99. The second-order valence-corrected chi connectivity index (χ2v) is 2.85. The van der Waals surface area contributed by atoms with E-state index in [0.29, 0.717) is 0 Å². The fourth-order valence-corrected chi connectivity index (χ4v) is 1.34. The number of benzene rings is 1. The summed E-state index contributed by atoms with van der Waals surface area (Å²) in [5.41, 5.74) is 0.787. The molecule has 0 amide bonds. The molecule has 0 bridgehead atoms. The molecule has 0 fully saturated rings. The van der Waals surface area contributed by atoms with Gasteiger partial charge in [-0.1, -0.05) is 0 Å². The summed E-state index contributed by atoms with van der Waals surface area (Å²) in [4.78, 5) is 3.76. The molecule has 0 aliphatic heterocycles. The van der Waals surface area contributed by atoms with Crippen LogP contribution >= 0.6 is 12.6 Å². The van der Waals surface area contributed by atoms with Crippen molar-refractivity contribution in [1.29, 1.82) is 0 Å². The zero-order valence-corrected chi connectivity index (χ0v) is 6.53. The Kier molecular flexibility index (Phi) is 1.39. The van der Waals surface area contributed by atoms with Crippen molar-refractivity contribution >= 4 is 23.5 Å². The molecule has 1 aromatic carbocycles. The molecule has 2 rings (SSSR count). The summed E-state index contributed by atoms with van der Waals surface area (Å²) in [6, 6.07) is 4.59. The molecule has 0 aliphatic rings. The largest absolute Gasteiger partial charge is 0.360 e. The highest BCUT2D eigenvalue weighted by atomic mass is 32.1. The predicted octanol–water partition coefficient (Wildman–Crippen LogP) is 2.60. The van der Waals surface area contributed by atoms with Crippen molar-refractivity contribution in [2.45, 2.75) is 4.90 Å². The van der Waals surface area contributed by atoms with Gasteiger partial charge in [0.15, 0.2) is 0 Å². The molecule has 0 unspecified atom stereocenters. The van der Waals surface area contributed by atoms with Gasteiger partial charge in [-0.2, -0.15) is 0 Å². The van der Waals surface area contributed by atoms with E-state index in [1.54, 1.807) is 12.3 Å². The topological polar surface area (TPSA) is 15.8 Å². The molecule has 1 heterocycles. The van der Waals surface area contributed by atoms with Gasteiger partial charge in [0, 0.05) is 22.0 Å². The van der Waals surface area contributed by atoms with E-state index >= 15 is 0 Å².